The van der Waals surface area contributed by atoms with Gasteiger partial charge in [0.25, 0.3) is 10.0 Å². The van der Waals surface area contributed by atoms with Crippen molar-refractivity contribution in [2.24, 2.45) is 7.05 Å². The molecule has 0 unspecified atom stereocenters. The van der Waals surface area contributed by atoms with E-state index in [9.17, 15) is 21.6 Å². The van der Waals surface area contributed by atoms with Crippen LogP contribution < -0.4 is 4.72 Å². The lowest BCUT2D eigenvalue weighted by molar-refractivity contribution is -0.141. The summed E-state index contributed by atoms with van der Waals surface area (Å²) in [4.78, 5) is 0. The molecule has 0 fully saturated rings. The minimum atomic E-state index is -4.69. The molecule has 2 rings (SSSR count). The van der Waals surface area contributed by atoms with E-state index in [1.807, 2.05) is 0 Å². The second-order valence-corrected chi connectivity index (χ2v) is 6.24. The molecular formula is C11H13F3N4O3S. The molecule has 0 spiro atoms. The van der Waals surface area contributed by atoms with Gasteiger partial charge in [0, 0.05) is 25.2 Å². The predicted molar refractivity (Wildman–Crippen MR) is 68.2 cm³/mol. The molecule has 0 saturated carbocycles. The zero-order valence-electron chi connectivity index (χ0n) is 11.5. The molecule has 2 aromatic heterocycles. The van der Waals surface area contributed by atoms with Gasteiger partial charge in [-0.25, -0.2) is 13.1 Å². The monoisotopic (exact) mass is 338 g/mol. The van der Waals surface area contributed by atoms with Crippen molar-refractivity contribution in [3.05, 3.63) is 29.8 Å². The van der Waals surface area contributed by atoms with Gasteiger partial charge in [-0.3, -0.25) is 4.68 Å². The summed E-state index contributed by atoms with van der Waals surface area (Å²) in [7, 11) is -2.92. The molecule has 0 amide bonds. The second-order valence-electron chi connectivity index (χ2n) is 4.52. The van der Waals surface area contributed by atoms with Crippen molar-refractivity contribution in [3.8, 4) is 0 Å². The van der Waals surface area contributed by atoms with Crippen LogP contribution >= 0.6 is 0 Å². The number of aromatic nitrogens is 3. The van der Waals surface area contributed by atoms with Gasteiger partial charge in [0.1, 0.15) is 6.26 Å². The van der Waals surface area contributed by atoms with Crippen LogP contribution in [-0.2, 0) is 29.7 Å². The smallest absolute Gasteiger partial charge is 0.364 e. The van der Waals surface area contributed by atoms with Crippen LogP contribution in [0.2, 0.25) is 0 Å². The van der Waals surface area contributed by atoms with Crippen molar-refractivity contribution in [2.75, 3.05) is 6.54 Å². The van der Waals surface area contributed by atoms with Gasteiger partial charge in [-0.2, -0.15) is 18.3 Å². The normalized spacial score (nSPS) is 12.7. The Morgan fingerprint density at radius 3 is 2.68 bits per heavy atom. The Balaban J connectivity index is 1.99. The quantitative estimate of drug-likeness (QED) is 0.803. The highest BCUT2D eigenvalue weighted by atomic mass is 32.2. The fourth-order valence-electron chi connectivity index (χ4n) is 1.76. The topological polar surface area (TPSA) is 90.0 Å². The van der Waals surface area contributed by atoms with E-state index in [0.29, 0.717) is 23.6 Å². The summed E-state index contributed by atoms with van der Waals surface area (Å²) in [6.07, 6.45) is -0.772. The molecule has 0 atom stereocenters. The molecule has 0 saturated heterocycles. The Morgan fingerprint density at radius 1 is 1.41 bits per heavy atom. The Labute approximate surface area is 124 Å². The van der Waals surface area contributed by atoms with Gasteiger partial charge in [0.15, 0.2) is 10.7 Å². The van der Waals surface area contributed by atoms with Crippen LogP contribution in [0.4, 0.5) is 13.2 Å². The zero-order valence-corrected chi connectivity index (χ0v) is 12.3. The van der Waals surface area contributed by atoms with Crippen LogP contribution in [0.5, 0.6) is 0 Å². The first-order valence-corrected chi connectivity index (χ1v) is 7.67. The molecule has 0 aliphatic rings. The summed E-state index contributed by atoms with van der Waals surface area (Å²) in [6.45, 7) is 0.0695. The molecule has 0 aliphatic carbocycles. The van der Waals surface area contributed by atoms with Crippen molar-refractivity contribution >= 4 is 10.0 Å². The summed E-state index contributed by atoms with van der Waals surface area (Å²) >= 11 is 0. The van der Waals surface area contributed by atoms with Crippen LogP contribution in [0.15, 0.2) is 28.1 Å². The van der Waals surface area contributed by atoms with Crippen molar-refractivity contribution in [1.82, 2.24) is 19.7 Å². The number of halogens is 3. The van der Waals surface area contributed by atoms with Crippen LogP contribution in [0.3, 0.4) is 0 Å². The average Bonchev–Trinajstić information content (AvgIpc) is 3.03. The lowest BCUT2D eigenvalue weighted by atomic mass is 10.2. The Bertz CT molecular complexity index is 722. The van der Waals surface area contributed by atoms with Crippen LogP contribution in [0.1, 0.15) is 17.7 Å². The minimum Gasteiger partial charge on any atom is -0.364 e. The van der Waals surface area contributed by atoms with Crippen molar-refractivity contribution in [3.63, 3.8) is 0 Å². The number of sulfonamides is 1. The molecule has 0 radical (unpaired) electrons. The first kappa shape index (κ1) is 16.5. The maximum Gasteiger partial charge on any atom is 0.435 e. The molecule has 22 heavy (non-hydrogen) atoms. The predicted octanol–water partition coefficient (Wildman–Crippen LogP) is 1.34. The highest BCUT2D eigenvalue weighted by molar-refractivity contribution is 7.89. The van der Waals surface area contributed by atoms with Gasteiger partial charge in [-0.05, 0) is 12.8 Å². The number of hydrogen-bond donors (Lipinski definition) is 1. The van der Waals surface area contributed by atoms with Gasteiger partial charge < -0.3 is 4.52 Å². The minimum absolute atomic E-state index is 0.0695. The maximum absolute atomic E-state index is 12.5. The van der Waals surface area contributed by atoms with Crippen molar-refractivity contribution < 1.29 is 26.1 Å². The molecule has 0 aromatic carbocycles. The summed E-state index contributed by atoms with van der Waals surface area (Å²) in [5.74, 6) is 0. The molecule has 122 valence electrons. The number of hydrogen-bond acceptors (Lipinski definition) is 5. The molecule has 0 bridgehead atoms. The van der Waals surface area contributed by atoms with E-state index in [0.717, 1.165) is 12.6 Å². The van der Waals surface area contributed by atoms with Gasteiger partial charge in [-0.15, -0.1) is 0 Å². The largest absolute Gasteiger partial charge is 0.435 e. The van der Waals surface area contributed by atoms with Gasteiger partial charge >= 0.3 is 6.18 Å². The molecule has 0 aliphatic heterocycles. The van der Waals surface area contributed by atoms with E-state index in [4.69, 9.17) is 0 Å². The first-order valence-electron chi connectivity index (χ1n) is 6.19. The SMILES string of the molecule is Cn1nc(C(F)(F)F)cc1S(=O)(=O)NCCCc1cnoc1. The standard InChI is InChI=1S/C11H13F3N4O3S/c1-18-10(5-9(17-18)11(12,13)14)22(19,20)16-4-2-3-8-6-15-21-7-8/h5-7,16H,2-4H2,1H3. The van der Waals surface area contributed by atoms with E-state index in [2.05, 4.69) is 19.5 Å². The molecule has 7 nitrogen and oxygen atoms in total. The van der Waals surface area contributed by atoms with Gasteiger partial charge in [-0.1, -0.05) is 5.16 Å². The molecular weight excluding hydrogens is 325 g/mol. The van der Waals surface area contributed by atoms with Crippen molar-refractivity contribution in [2.45, 2.75) is 24.0 Å². The maximum atomic E-state index is 12.5. The summed E-state index contributed by atoms with van der Waals surface area (Å²) in [5.41, 5.74) is -0.445. The summed E-state index contributed by atoms with van der Waals surface area (Å²) < 4.78 is 69.1. The Hall–Kier alpha value is -1.88. The molecule has 1 N–H and O–H groups in total. The average molecular weight is 338 g/mol. The lowest BCUT2D eigenvalue weighted by Gasteiger charge is -2.05. The molecule has 2 aromatic rings. The first-order chi connectivity index (χ1) is 10.2. The van der Waals surface area contributed by atoms with Crippen LogP contribution in [0, 0.1) is 0 Å². The highest BCUT2D eigenvalue weighted by Crippen LogP contribution is 2.29. The van der Waals surface area contributed by atoms with Crippen molar-refractivity contribution in [1.29, 1.82) is 0 Å². The van der Waals surface area contributed by atoms with E-state index in [1.54, 1.807) is 0 Å². The van der Waals surface area contributed by atoms with Crippen LogP contribution in [0.25, 0.3) is 0 Å². The van der Waals surface area contributed by atoms with E-state index in [1.165, 1.54) is 12.5 Å². The third kappa shape index (κ3) is 3.85. The fraction of sp³-hybridized carbons (Fsp3) is 0.455. The highest BCUT2D eigenvalue weighted by Gasteiger charge is 2.36. The van der Waals surface area contributed by atoms with E-state index >= 15 is 0 Å². The number of nitrogens with one attached hydrogen (secondary N) is 1. The van der Waals surface area contributed by atoms with Crippen LogP contribution in [-0.4, -0.2) is 29.9 Å². The number of aryl methyl sites for hydroxylation is 2. The fourth-order valence-corrected chi connectivity index (χ4v) is 2.98. The summed E-state index contributed by atoms with van der Waals surface area (Å²) in [6, 6.07) is 0.502. The third-order valence-corrected chi connectivity index (χ3v) is 4.34. The number of nitrogens with zero attached hydrogens (tertiary/aromatic N) is 3. The Kier molecular flexibility index (Phi) is 4.56. The third-order valence-electron chi connectivity index (χ3n) is 2.82. The van der Waals surface area contributed by atoms with E-state index in [-0.39, 0.29) is 6.54 Å². The van der Waals surface area contributed by atoms with Gasteiger partial charge in [0.2, 0.25) is 0 Å². The van der Waals surface area contributed by atoms with E-state index < -0.39 is 26.9 Å². The molecule has 2 heterocycles. The second kappa shape index (κ2) is 6.08. The van der Waals surface area contributed by atoms with Gasteiger partial charge in [0.05, 0.1) is 6.20 Å². The summed E-state index contributed by atoms with van der Waals surface area (Å²) in [5, 5.41) is 6.13. The molecule has 11 heteroatoms. The number of alkyl halides is 3. The Morgan fingerprint density at radius 2 is 2.14 bits per heavy atom. The zero-order chi connectivity index (χ0) is 16.4. The number of rotatable bonds is 6. The lowest BCUT2D eigenvalue weighted by Crippen LogP contribution is -2.27.